The molecule has 0 bridgehead atoms. The fourth-order valence-electron chi connectivity index (χ4n) is 2.43. The molecule has 1 saturated carbocycles. The molecule has 0 aliphatic heterocycles. The van der Waals surface area contributed by atoms with Gasteiger partial charge in [-0.15, -0.1) is 0 Å². The first kappa shape index (κ1) is 10.9. The summed E-state index contributed by atoms with van der Waals surface area (Å²) in [5, 5.41) is 17.1. The first-order valence-corrected chi connectivity index (χ1v) is 5.33. The summed E-state index contributed by atoms with van der Waals surface area (Å²) in [4.78, 5) is 11.0. The Hall–Kier alpha value is -1.64. The predicted octanol–water partition coefficient (Wildman–Crippen LogP) is 2.41. The minimum atomic E-state index is -0.796. The molecule has 2 rings (SSSR count). The number of carboxylic acid groups (broad SMARTS) is 1. The molecular weight excluding hydrogens is 202 g/mol. The summed E-state index contributed by atoms with van der Waals surface area (Å²) >= 11 is 0. The van der Waals surface area contributed by atoms with Crippen LogP contribution in [0.15, 0.2) is 30.3 Å². The topological polar surface area (TPSA) is 61.2 Å². The molecule has 1 fully saturated rings. The average molecular weight is 217 g/mol. The summed E-state index contributed by atoms with van der Waals surface area (Å²) in [6.45, 7) is 3.82. The quantitative estimate of drug-likeness (QED) is 0.764. The normalized spacial score (nSPS) is 26.1. The maximum atomic E-state index is 11.0. The van der Waals surface area contributed by atoms with E-state index in [-0.39, 0.29) is 11.3 Å². The van der Waals surface area contributed by atoms with Crippen LogP contribution in [0, 0.1) is 22.7 Å². The van der Waals surface area contributed by atoms with Crippen LogP contribution >= 0.6 is 0 Å². The van der Waals surface area contributed by atoms with Gasteiger partial charge in [0.15, 0.2) is 0 Å². The van der Waals surface area contributed by atoms with Crippen LogP contribution in [-0.4, -0.2) is 16.8 Å². The van der Waals surface area contributed by atoms with Crippen molar-refractivity contribution in [3.8, 4) is 0 Å². The van der Waals surface area contributed by atoms with Gasteiger partial charge < -0.3 is 10.5 Å². The summed E-state index contributed by atoms with van der Waals surface area (Å²) in [6.07, 6.45) is 0. The van der Waals surface area contributed by atoms with Crippen molar-refractivity contribution in [2.45, 2.75) is 13.8 Å². The van der Waals surface area contributed by atoms with Gasteiger partial charge in [-0.3, -0.25) is 4.79 Å². The summed E-state index contributed by atoms with van der Waals surface area (Å²) in [5.41, 5.74) is 0.973. The maximum absolute atomic E-state index is 11.0. The highest BCUT2D eigenvalue weighted by atomic mass is 16.4. The molecule has 3 nitrogen and oxygen atoms in total. The molecule has 2 atom stereocenters. The molecule has 84 valence electrons. The minimum Gasteiger partial charge on any atom is -0.481 e. The van der Waals surface area contributed by atoms with Gasteiger partial charge in [-0.2, -0.15) is 0 Å². The second kappa shape index (κ2) is 3.44. The smallest absolute Gasteiger partial charge is 0.307 e. The number of hydrogen-bond donors (Lipinski definition) is 2. The Labute approximate surface area is 94.6 Å². The largest absolute Gasteiger partial charge is 0.481 e. The number of carbonyl (C=O) groups is 1. The Morgan fingerprint density at radius 1 is 1.25 bits per heavy atom. The standard InChI is InChI=1S/C13H15NO2/c1-13(2)9(10(13)12(15)16)11(14)8-6-4-3-5-7-8/h3-7,9-10,14H,1-2H3,(H,15,16). The van der Waals surface area contributed by atoms with Crippen molar-refractivity contribution in [2.24, 2.45) is 17.3 Å². The highest BCUT2D eigenvalue weighted by Crippen LogP contribution is 2.59. The lowest BCUT2D eigenvalue weighted by atomic mass is 10.0. The lowest BCUT2D eigenvalue weighted by Crippen LogP contribution is -2.08. The second-order valence-corrected chi connectivity index (χ2v) is 4.89. The first-order valence-electron chi connectivity index (χ1n) is 5.33. The number of hydrogen-bond acceptors (Lipinski definition) is 2. The molecule has 0 heterocycles. The van der Waals surface area contributed by atoms with E-state index in [0.29, 0.717) is 5.71 Å². The van der Waals surface area contributed by atoms with E-state index in [2.05, 4.69) is 0 Å². The third kappa shape index (κ3) is 1.52. The van der Waals surface area contributed by atoms with Gasteiger partial charge in [0.05, 0.1) is 5.92 Å². The molecule has 0 amide bonds. The molecule has 0 spiro atoms. The van der Waals surface area contributed by atoms with Crippen LogP contribution in [-0.2, 0) is 4.79 Å². The second-order valence-electron chi connectivity index (χ2n) is 4.89. The zero-order valence-electron chi connectivity index (χ0n) is 9.40. The molecular formula is C13H15NO2. The van der Waals surface area contributed by atoms with Crippen LogP contribution in [0.25, 0.3) is 0 Å². The SMILES string of the molecule is CC1(C)C(C(=N)c2ccccc2)C1C(=O)O. The van der Waals surface area contributed by atoms with Crippen LogP contribution in [0.1, 0.15) is 19.4 Å². The maximum Gasteiger partial charge on any atom is 0.307 e. The summed E-state index contributed by atoms with van der Waals surface area (Å²) < 4.78 is 0. The van der Waals surface area contributed by atoms with Crippen LogP contribution in [0.4, 0.5) is 0 Å². The van der Waals surface area contributed by atoms with Crippen molar-refractivity contribution in [2.75, 3.05) is 0 Å². The van der Waals surface area contributed by atoms with Crippen molar-refractivity contribution < 1.29 is 9.90 Å². The van der Waals surface area contributed by atoms with Crippen molar-refractivity contribution in [1.82, 2.24) is 0 Å². The highest BCUT2D eigenvalue weighted by molar-refractivity contribution is 6.05. The number of benzene rings is 1. The molecule has 0 saturated heterocycles. The van der Waals surface area contributed by atoms with E-state index in [0.717, 1.165) is 5.56 Å². The molecule has 2 N–H and O–H groups in total. The number of aliphatic carboxylic acids is 1. The third-order valence-electron chi connectivity index (χ3n) is 3.49. The van der Waals surface area contributed by atoms with Crippen molar-refractivity contribution in [3.63, 3.8) is 0 Å². The zero-order valence-corrected chi connectivity index (χ0v) is 9.40. The van der Waals surface area contributed by atoms with Crippen LogP contribution in [0.2, 0.25) is 0 Å². The van der Waals surface area contributed by atoms with Gasteiger partial charge >= 0.3 is 5.97 Å². The fraction of sp³-hybridized carbons (Fsp3) is 0.385. The molecule has 3 heteroatoms. The predicted molar refractivity (Wildman–Crippen MR) is 61.7 cm³/mol. The Bertz CT molecular complexity index is 437. The van der Waals surface area contributed by atoms with Crippen molar-refractivity contribution in [3.05, 3.63) is 35.9 Å². The molecule has 1 aliphatic carbocycles. The van der Waals surface area contributed by atoms with Crippen LogP contribution in [0.5, 0.6) is 0 Å². The lowest BCUT2D eigenvalue weighted by Gasteiger charge is -2.04. The number of nitrogens with one attached hydrogen (secondary N) is 1. The summed E-state index contributed by atoms with van der Waals surface area (Å²) in [5.74, 6) is -1.37. The molecule has 1 aliphatic rings. The van der Waals surface area contributed by atoms with Crippen LogP contribution in [0.3, 0.4) is 0 Å². The lowest BCUT2D eigenvalue weighted by molar-refractivity contribution is -0.139. The Balaban J connectivity index is 2.23. The molecule has 16 heavy (non-hydrogen) atoms. The minimum absolute atomic E-state index is 0.160. The van der Waals surface area contributed by atoms with Crippen molar-refractivity contribution >= 4 is 11.7 Å². The average Bonchev–Trinajstić information content (AvgIpc) is 2.82. The summed E-state index contributed by atoms with van der Waals surface area (Å²) in [7, 11) is 0. The van der Waals surface area contributed by atoms with E-state index >= 15 is 0 Å². The fourth-order valence-corrected chi connectivity index (χ4v) is 2.43. The van der Waals surface area contributed by atoms with E-state index in [1.165, 1.54) is 0 Å². The van der Waals surface area contributed by atoms with E-state index < -0.39 is 11.9 Å². The zero-order chi connectivity index (χ0) is 11.9. The van der Waals surface area contributed by atoms with E-state index in [4.69, 9.17) is 10.5 Å². The molecule has 0 radical (unpaired) electrons. The van der Waals surface area contributed by atoms with Gasteiger partial charge in [-0.25, -0.2) is 0 Å². The van der Waals surface area contributed by atoms with Crippen LogP contribution < -0.4 is 0 Å². The van der Waals surface area contributed by atoms with Gasteiger partial charge in [-0.1, -0.05) is 44.2 Å². The number of rotatable bonds is 3. The summed E-state index contributed by atoms with van der Waals surface area (Å²) in [6, 6.07) is 9.35. The Kier molecular flexibility index (Phi) is 2.34. The molecule has 2 unspecified atom stereocenters. The molecule has 1 aromatic rings. The molecule has 0 aromatic heterocycles. The van der Waals surface area contributed by atoms with Gasteiger partial charge in [0.25, 0.3) is 0 Å². The van der Waals surface area contributed by atoms with E-state index in [9.17, 15) is 4.79 Å². The monoisotopic (exact) mass is 217 g/mol. The van der Waals surface area contributed by atoms with E-state index in [1.807, 2.05) is 44.2 Å². The third-order valence-corrected chi connectivity index (χ3v) is 3.49. The Morgan fingerprint density at radius 3 is 2.25 bits per heavy atom. The highest BCUT2D eigenvalue weighted by Gasteiger charge is 2.64. The van der Waals surface area contributed by atoms with Gasteiger partial charge in [-0.05, 0) is 11.0 Å². The van der Waals surface area contributed by atoms with Gasteiger partial charge in [0, 0.05) is 11.6 Å². The van der Waals surface area contributed by atoms with Crippen molar-refractivity contribution in [1.29, 1.82) is 5.41 Å². The van der Waals surface area contributed by atoms with Gasteiger partial charge in [0.2, 0.25) is 0 Å². The Morgan fingerprint density at radius 2 is 1.81 bits per heavy atom. The molecule has 1 aromatic carbocycles. The van der Waals surface area contributed by atoms with E-state index in [1.54, 1.807) is 0 Å². The van der Waals surface area contributed by atoms with Gasteiger partial charge in [0.1, 0.15) is 0 Å². The first-order chi connectivity index (χ1) is 7.46. The number of carboxylic acids is 1.